The molecule has 0 spiro atoms. The van der Waals surface area contributed by atoms with Crippen molar-refractivity contribution in [3.05, 3.63) is 64.7 Å². The zero-order valence-electron chi connectivity index (χ0n) is 19.1. The molecule has 34 heavy (non-hydrogen) atoms. The maximum Gasteiger partial charge on any atom is 0.309 e. The van der Waals surface area contributed by atoms with E-state index in [1.165, 1.54) is 0 Å². The van der Waals surface area contributed by atoms with Crippen molar-refractivity contribution < 1.29 is 27.9 Å². The number of carbonyl (C=O) groups excluding carboxylic acids is 1. The largest absolute Gasteiger partial charge is 0.481 e. The molecule has 6 nitrogen and oxygen atoms in total. The molecule has 0 saturated carbocycles. The van der Waals surface area contributed by atoms with E-state index in [1.54, 1.807) is 35.6 Å². The van der Waals surface area contributed by atoms with Crippen molar-refractivity contribution in [2.24, 2.45) is 5.41 Å². The third-order valence-electron chi connectivity index (χ3n) is 6.53. The molecule has 0 bridgehead atoms. The van der Waals surface area contributed by atoms with Crippen LogP contribution in [0.5, 0.6) is 0 Å². The zero-order valence-corrected chi connectivity index (χ0v) is 19.1. The minimum Gasteiger partial charge on any atom is -0.481 e. The molecule has 0 aliphatic carbocycles. The summed E-state index contributed by atoms with van der Waals surface area (Å²) in [7, 11) is 0. The molecule has 0 saturated heterocycles. The van der Waals surface area contributed by atoms with Gasteiger partial charge in [0.05, 0.1) is 18.5 Å². The number of benzene rings is 1. The van der Waals surface area contributed by atoms with Crippen molar-refractivity contribution in [3.63, 3.8) is 0 Å². The molecule has 1 aliphatic heterocycles. The van der Waals surface area contributed by atoms with Gasteiger partial charge in [0.1, 0.15) is 11.5 Å². The summed E-state index contributed by atoms with van der Waals surface area (Å²) in [5.41, 5.74) is 1.26. The van der Waals surface area contributed by atoms with E-state index in [-0.39, 0.29) is 31.0 Å². The quantitative estimate of drug-likeness (QED) is 0.506. The first-order valence-electron chi connectivity index (χ1n) is 11.2. The van der Waals surface area contributed by atoms with E-state index in [9.17, 15) is 27.9 Å². The van der Waals surface area contributed by atoms with E-state index in [0.29, 0.717) is 37.5 Å². The van der Waals surface area contributed by atoms with Crippen LogP contribution in [-0.4, -0.2) is 38.0 Å². The SMILES string of the molecule is CC(C)(CCCC(=O)N1CCc2c(n(Cc3cc(F)cc(F)c3F)c3ncccc23)C1)C(=O)O. The highest BCUT2D eigenvalue weighted by Crippen LogP contribution is 2.32. The van der Waals surface area contributed by atoms with Crippen LogP contribution in [0.1, 0.15) is 49.9 Å². The van der Waals surface area contributed by atoms with Crippen molar-refractivity contribution in [2.45, 2.75) is 52.6 Å². The van der Waals surface area contributed by atoms with Gasteiger partial charge in [0.15, 0.2) is 11.6 Å². The van der Waals surface area contributed by atoms with Gasteiger partial charge in [0, 0.05) is 41.9 Å². The molecule has 1 aliphatic rings. The number of rotatable bonds is 7. The maximum atomic E-state index is 14.4. The van der Waals surface area contributed by atoms with Crippen LogP contribution in [-0.2, 0) is 29.1 Å². The van der Waals surface area contributed by atoms with Crippen LogP contribution in [0, 0.1) is 22.9 Å². The molecule has 4 rings (SSSR count). The van der Waals surface area contributed by atoms with Crippen LogP contribution in [0.3, 0.4) is 0 Å². The van der Waals surface area contributed by atoms with Crippen LogP contribution >= 0.6 is 0 Å². The molecule has 1 aromatic carbocycles. The second kappa shape index (κ2) is 9.12. The van der Waals surface area contributed by atoms with E-state index in [1.807, 2.05) is 6.07 Å². The van der Waals surface area contributed by atoms with Gasteiger partial charge in [-0.2, -0.15) is 0 Å². The molecular weight excluding hydrogens is 447 g/mol. The van der Waals surface area contributed by atoms with Gasteiger partial charge in [0.2, 0.25) is 5.91 Å². The molecule has 1 N–H and O–H groups in total. The number of hydrogen-bond acceptors (Lipinski definition) is 3. The molecule has 0 fully saturated rings. The summed E-state index contributed by atoms with van der Waals surface area (Å²) in [6, 6.07) is 5.16. The third-order valence-corrected chi connectivity index (χ3v) is 6.53. The van der Waals surface area contributed by atoms with Crippen LogP contribution in [0.4, 0.5) is 13.2 Å². The summed E-state index contributed by atoms with van der Waals surface area (Å²) < 4.78 is 43.7. The van der Waals surface area contributed by atoms with Crippen LogP contribution < -0.4 is 0 Å². The van der Waals surface area contributed by atoms with Gasteiger partial charge in [-0.1, -0.05) is 0 Å². The van der Waals surface area contributed by atoms with Crippen molar-refractivity contribution in [3.8, 4) is 0 Å². The van der Waals surface area contributed by atoms with Crippen molar-refractivity contribution >= 4 is 22.9 Å². The molecule has 180 valence electrons. The van der Waals surface area contributed by atoms with Crippen LogP contribution in [0.25, 0.3) is 11.0 Å². The van der Waals surface area contributed by atoms with Gasteiger partial charge in [-0.05, 0) is 56.9 Å². The number of carboxylic acid groups (broad SMARTS) is 1. The Bertz CT molecular complexity index is 1270. The Labute approximate surface area is 195 Å². The number of carbonyl (C=O) groups is 2. The van der Waals surface area contributed by atoms with Gasteiger partial charge >= 0.3 is 5.97 Å². The number of hydrogen-bond donors (Lipinski definition) is 1. The second-order valence-corrected chi connectivity index (χ2v) is 9.35. The zero-order chi connectivity index (χ0) is 24.6. The number of aromatic nitrogens is 2. The average Bonchev–Trinajstić information content (AvgIpc) is 3.10. The first kappa shape index (κ1) is 23.8. The lowest BCUT2D eigenvalue weighted by atomic mass is 9.87. The Kier molecular flexibility index (Phi) is 6.38. The van der Waals surface area contributed by atoms with Gasteiger partial charge in [-0.15, -0.1) is 0 Å². The summed E-state index contributed by atoms with van der Waals surface area (Å²) >= 11 is 0. The van der Waals surface area contributed by atoms with Crippen molar-refractivity contribution in [1.29, 1.82) is 0 Å². The molecule has 1 amide bonds. The number of carboxylic acids is 1. The number of halogens is 3. The van der Waals surface area contributed by atoms with E-state index < -0.39 is 28.8 Å². The molecular formula is C25H26F3N3O3. The standard InChI is InChI=1S/C25H26F3N3O3/c1-25(2,24(33)34)8-3-6-21(32)30-10-7-17-18-5-4-9-29-23(18)31(20(17)14-30)13-15-11-16(26)12-19(27)22(15)28/h4-5,9,11-12H,3,6-8,10,13-14H2,1-2H3,(H,33,34). The van der Waals surface area contributed by atoms with Crippen molar-refractivity contribution in [2.75, 3.05) is 6.54 Å². The first-order valence-corrected chi connectivity index (χ1v) is 11.2. The Hall–Kier alpha value is -3.36. The number of pyridine rings is 1. The number of fused-ring (bicyclic) bond motifs is 3. The highest BCUT2D eigenvalue weighted by Gasteiger charge is 2.30. The predicted molar refractivity (Wildman–Crippen MR) is 120 cm³/mol. The molecule has 3 heterocycles. The summed E-state index contributed by atoms with van der Waals surface area (Å²) in [4.78, 5) is 30.3. The Morgan fingerprint density at radius 3 is 2.71 bits per heavy atom. The smallest absolute Gasteiger partial charge is 0.309 e. The Balaban J connectivity index is 1.60. The topological polar surface area (TPSA) is 75.4 Å². The lowest BCUT2D eigenvalue weighted by Gasteiger charge is -2.29. The first-order chi connectivity index (χ1) is 16.1. The summed E-state index contributed by atoms with van der Waals surface area (Å²) in [6.07, 6.45) is 3.20. The molecule has 9 heteroatoms. The number of aliphatic carboxylic acids is 1. The summed E-state index contributed by atoms with van der Waals surface area (Å²) in [5, 5.41) is 10.1. The van der Waals surface area contributed by atoms with E-state index >= 15 is 0 Å². The maximum absolute atomic E-state index is 14.4. The summed E-state index contributed by atoms with van der Waals surface area (Å²) in [6.45, 7) is 3.88. The van der Waals surface area contributed by atoms with E-state index in [0.717, 1.165) is 22.7 Å². The lowest BCUT2D eigenvalue weighted by Crippen LogP contribution is -2.36. The fourth-order valence-corrected chi connectivity index (χ4v) is 4.48. The molecule has 0 radical (unpaired) electrons. The minimum absolute atomic E-state index is 0.0976. The Morgan fingerprint density at radius 1 is 1.21 bits per heavy atom. The molecule has 0 unspecified atom stereocenters. The lowest BCUT2D eigenvalue weighted by molar-refractivity contribution is -0.147. The van der Waals surface area contributed by atoms with Crippen molar-refractivity contribution in [1.82, 2.24) is 14.5 Å². The molecule has 0 atom stereocenters. The molecule has 2 aromatic heterocycles. The number of nitrogens with zero attached hydrogens (tertiary/aromatic N) is 3. The fourth-order valence-electron chi connectivity index (χ4n) is 4.48. The minimum atomic E-state index is -1.26. The average molecular weight is 473 g/mol. The predicted octanol–water partition coefficient (Wildman–Crippen LogP) is 4.67. The monoisotopic (exact) mass is 473 g/mol. The third kappa shape index (κ3) is 4.51. The highest BCUT2D eigenvalue weighted by molar-refractivity contribution is 5.84. The van der Waals surface area contributed by atoms with Crippen LogP contribution in [0.2, 0.25) is 0 Å². The van der Waals surface area contributed by atoms with E-state index in [4.69, 9.17) is 0 Å². The second-order valence-electron chi connectivity index (χ2n) is 9.35. The summed E-state index contributed by atoms with van der Waals surface area (Å²) in [5.74, 6) is -4.24. The van der Waals surface area contributed by atoms with Gasteiger partial charge in [0.25, 0.3) is 0 Å². The fraction of sp³-hybridized carbons (Fsp3) is 0.400. The number of amides is 1. The van der Waals surface area contributed by atoms with E-state index in [2.05, 4.69) is 4.98 Å². The van der Waals surface area contributed by atoms with Gasteiger partial charge in [-0.25, -0.2) is 18.2 Å². The molecule has 3 aromatic rings. The van der Waals surface area contributed by atoms with Gasteiger partial charge in [-0.3, -0.25) is 9.59 Å². The van der Waals surface area contributed by atoms with Gasteiger partial charge < -0.3 is 14.6 Å². The normalized spacial score (nSPS) is 13.9. The van der Waals surface area contributed by atoms with Crippen LogP contribution in [0.15, 0.2) is 30.5 Å². The Morgan fingerprint density at radius 2 is 1.97 bits per heavy atom. The highest BCUT2D eigenvalue weighted by atomic mass is 19.2.